The number of hydrogen-bond acceptors (Lipinski definition) is 5. The van der Waals surface area contributed by atoms with Crippen molar-refractivity contribution < 1.29 is 19.1 Å². The molecule has 0 N–H and O–H groups in total. The minimum atomic E-state index is -0.490. The van der Waals surface area contributed by atoms with Crippen LogP contribution in [-0.4, -0.2) is 48.2 Å². The molecule has 0 aromatic rings. The summed E-state index contributed by atoms with van der Waals surface area (Å²) in [5, 5.41) is 0. The predicted molar refractivity (Wildman–Crippen MR) is 67.1 cm³/mol. The summed E-state index contributed by atoms with van der Waals surface area (Å²) in [4.78, 5) is 25.3. The van der Waals surface area contributed by atoms with Crippen molar-refractivity contribution in [3.63, 3.8) is 0 Å². The van der Waals surface area contributed by atoms with Crippen molar-refractivity contribution in [1.29, 1.82) is 0 Å². The predicted octanol–water partition coefficient (Wildman–Crippen LogP) is 1.36. The fourth-order valence-corrected chi connectivity index (χ4v) is 2.06. The first-order valence-electron chi connectivity index (χ1n) is 6.46. The highest BCUT2D eigenvalue weighted by Crippen LogP contribution is 2.19. The number of esters is 2. The molecule has 0 spiro atoms. The lowest BCUT2D eigenvalue weighted by molar-refractivity contribution is -0.158. The molecule has 0 radical (unpaired) electrons. The molecule has 1 unspecified atom stereocenters. The molecule has 5 nitrogen and oxygen atoms in total. The zero-order chi connectivity index (χ0) is 13.8. The van der Waals surface area contributed by atoms with E-state index in [1.807, 2.05) is 25.7 Å². The van der Waals surface area contributed by atoms with Crippen molar-refractivity contribution in [2.24, 2.45) is 0 Å². The van der Waals surface area contributed by atoms with Gasteiger partial charge in [0.15, 0.2) is 0 Å². The molecule has 5 heteroatoms. The number of hydrogen-bond donors (Lipinski definition) is 0. The Morgan fingerprint density at radius 1 is 1.33 bits per heavy atom. The van der Waals surface area contributed by atoms with Gasteiger partial charge < -0.3 is 9.47 Å². The average Bonchev–Trinajstić information content (AvgIpc) is 2.62. The van der Waals surface area contributed by atoms with E-state index >= 15 is 0 Å². The molecule has 0 bridgehead atoms. The lowest BCUT2D eigenvalue weighted by atomic mass is 10.2. The molecule has 18 heavy (non-hydrogen) atoms. The van der Waals surface area contributed by atoms with Gasteiger partial charge in [0.25, 0.3) is 0 Å². The van der Waals surface area contributed by atoms with E-state index in [4.69, 9.17) is 9.47 Å². The first-order valence-corrected chi connectivity index (χ1v) is 6.46. The smallest absolute Gasteiger partial charge is 0.323 e. The highest BCUT2D eigenvalue weighted by molar-refractivity contribution is 5.78. The van der Waals surface area contributed by atoms with Crippen LogP contribution in [0.3, 0.4) is 0 Å². The molecule has 1 fully saturated rings. The average molecular weight is 257 g/mol. The molecule has 1 heterocycles. The van der Waals surface area contributed by atoms with E-state index in [1.165, 1.54) is 0 Å². The molecular formula is C13H23NO4. The molecule has 0 amide bonds. The van der Waals surface area contributed by atoms with Gasteiger partial charge in [0, 0.05) is 0 Å². The molecule has 1 atom stereocenters. The van der Waals surface area contributed by atoms with Gasteiger partial charge in [0.05, 0.1) is 13.2 Å². The fraction of sp³-hybridized carbons (Fsp3) is 0.846. The Hall–Kier alpha value is -1.10. The Balaban J connectivity index is 2.50. The van der Waals surface area contributed by atoms with Gasteiger partial charge in [-0.3, -0.25) is 14.5 Å². The number of carbonyl (C=O) groups excluding carboxylic acids is 2. The lowest BCUT2D eigenvalue weighted by Crippen LogP contribution is -2.42. The van der Waals surface area contributed by atoms with Gasteiger partial charge in [-0.1, -0.05) is 0 Å². The third-order valence-electron chi connectivity index (χ3n) is 2.67. The summed E-state index contributed by atoms with van der Waals surface area (Å²) in [6.45, 7) is 8.54. The molecule has 1 rings (SSSR count). The number of likely N-dealkylation sites (tertiary alicyclic amines) is 1. The van der Waals surface area contributed by atoms with E-state index in [0.717, 1.165) is 19.4 Å². The molecule has 1 aliphatic rings. The maximum Gasteiger partial charge on any atom is 0.323 e. The Morgan fingerprint density at radius 3 is 2.56 bits per heavy atom. The van der Waals surface area contributed by atoms with Crippen molar-refractivity contribution in [1.82, 2.24) is 4.90 Å². The van der Waals surface area contributed by atoms with Crippen LogP contribution in [0.2, 0.25) is 0 Å². The van der Waals surface area contributed by atoms with Crippen molar-refractivity contribution >= 4 is 11.9 Å². The van der Waals surface area contributed by atoms with E-state index in [9.17, 15) is 9.59 Å². The first-order chi connectivity index (χ1) is 8.33. The van der Waals surface area contributed by atoms with Gasteiger partial charge in [0.2, 0.25) is 0 Å². The topological polar surface area (TPSA) is 55.8 Å². The Labute approximate surface area is 108 Å². The Morgan fingerprint density at radius 2 is 2.00 bits per heavy atom. The SMILES string of the molecule is CCOC(=O)C1CCCN1CC(=O)OC(C)(C)C. The molecule has 0 aliphatic carbocycles. The van der Waals surface area contributed by atoms with Gasteiger partial charge in [0.1, 0.15) is 11.6 Å². The molecule has 0 saturated carbocycles. The highest BCUT2D eigenvalue weighted by Gasteiger charge is 2.33. The minimum absolute atomic E-state index is 0.154. The van der Waals surface area contributed by atoms with Crippen LogP contribution >= 0.6 is 0 Å². The van der Waals surface area contributed by atoms with Crippen molar-refractivity contribution in [2.45, 2.75) is 52.2 Å². The summed E-state index contributed by atoms with van der Waals surface area (Å²) in [5.74, 6) is -0.530. The van der Waals surface area contributed by atoms with E-state index in [0.29, 0.717) is 6.61 Å². The summed E-state index contributed by atoms with van der Waals surface area (Å²) < 4.78 is 10.3. The van der Waals surface area contributed by atoms with Gasteiger partial charge in [-0.25, -0.2) is 0 Å². The Kier molecular flexibility index (Phi) is 5.14. The van der Waals surface area contributed by atoms with Crippen LogP contribution in [0, 0.1) is 0 Å². The number of rotatable bonds is 4. The molecule has 0 aromatic heterocycles. The summed E-state index contributed by atoms with van der Waals surface area (Å²) in [6, 6.07) is -0.294. The second kappa shape index (κ2) is 6.18. The van der Waals surface area contributed by atoms with Gasteiger partial charge in [-0.2, -0.15) is 0 Å². The zero-order valence-corrected chi connectivity index (χ0v) is 11.7. The highest BCUT2D eigenvalue weighted by atomic mass is 16.6. The van der Waals surface area contributed by atoms with Crippen LogP contribution in [0.25, 0.3) is 0 Å². The monoisotopic (exact) mass is 257 g/mol. The van der Waals surface area contributed by atoms with Gasteiger partial charge in [-0.15, -0.1) is 0 Å². The fourth-order valence-electron chi connectivity index (χ4n) is 2.06. The van der Waals surface area contributed by atoms with Crippen molar-refractivity contribution in [2.75, 3.05) is 19.7 Å². The standard InChI is InChI=1S/C13H23NO4/c1-5-17-12(16)10-7-6-8-14(10)9-11(15)18-13(2,3)4/h10H,5-9H2,1-4H3. The van der Waals surface area contributed by atoms with Crippen molar-refractivity contribution in [3.05, 3.63) is 0 Å². The van der Waals surface area contributed by atoms with E-state index in [2.05, 4.69) is 0 Å². The van der Waals surface area contributed by atoms with Crippen LogP contribution in [0.5, 0.6) is 0 Å². The lowest BCUT2D eigenvalue weighted by Gasteiger charge is -2.25. The Bertz CT molecular complexity index is 309. The largest absolute Gasteiger partial charge is 0.465 e. The molecule has 1 saturated heterocycles. The molecule has 0 aromatic carbocycles. The van der Waals surface area contributed by atoms with E-state index in [-0.39, 0.29) is 24.5 Å². The number of nitrogens with zero attached hydrogens (tertiary/aromatic N) is 1. The summed E-state index contributed by atoms with van der Waals surface area (Å²) >= 11 is 0. The summed E-state index contributed by atoms with van der Waals surface area (Å²) in [6.07, 6.45) is 1.66. The normalized spacial score (nSPS) is 20.8. The summed E-state index contributed by atoms with van der Waals surface area (Å²) in [5.41, 5.74) is -0.490. The zero-order valence-electron chi connectivity index (χ0n) is 11.7. The van der Waals surface area contributed by atoms with E-state index < -0.39 is 5.60 Å². The van der Waals surface area contributed by atoms with Crippen LogP contribution in [0.15, 0.2) is 0 Å². The van der Waals surface area contributed by atoms with Crippen LogP contribution in [0.4, 0.5) is 0 Å². The van der Waals surface area contributed by atoms with Crippen LogP contribution in [0.1, 0.15) is 40.5 Å². The second-order valence-electron chi connectivity index (χ2n) is 5.47. The molecule has 104 valence electrons. The summed E-state index contributed by atoms with van der Waals surface area (Å²) in [7, 11) is 0. The van der Waals surface area contributed by atoms with Crippen LogP contribution < -0.4 is 0 Å². The molecule has 1 aliphatic heterocycles. The van der Waals surface area contributed by atoms with E-state index in [1.54, 1.807) is 6.92 Å². The van der Waals surface area contributed by atoms with Gasteiger partial charge in [-0.05, 0) is 47.1 Å². The van der Waals surface area contributed by atoms with Gasteiger partial charge >= 0.3 is 11.9 Å². The second-order valence-corrected chi connectivity index (χ2v) is 5.47. The maximum absolute atomic E-state index is 11.7. The third-order valence-corrected chi connectivity index (χ3v) is 2.67. The van der Waals surface area contributed by atoms with Crippen molar-refractivity contribution in [3.8, 4) is 0 Å². The third kappa shape index (κ3) is 4.64. The number of ether oxygens (including phenoxy) is 2. The molecular weight excluding hydrogens is 234 g/mol. The minimum Gasteiger partial charge on any atom is -0.465 e. The quantitative estimate of drug-likeness (QED) is 0.712. The maximum atomic E-state index is 11.7. The number of carbonyl (C=O) groups is 2. The van der Waals surface area contributed by atoms with Crippen LogP contribution in [-0.2, 0) is 19.1 Å². The first kappa shape index (κ1) is 15.0.